The number of para-hydroxylation sites is 1. The number of ether oxygens (including phenoxy) is 2. The van der Waals surface area contributed by atoms with Gasteiger partial charge in [0.25, 0.3) is 0 Å². The van der Waals surface area contributed by atoms with Crippen molar-refractivity contribution in [3.8, 4) is 5.75 Å². The predicted molar refractivity (Wildman–Crippen MR) is 82.6 cm³/mol. The predicted octanol–water partition coefficient (Wildman–Crippen LogP) is 2.94. The molecule has 0 N–H and O–H groups in total. The highest BCUT2D eigenvalue weighted by atomic mass is 19.1. The largest absolute Gasteiger partial charge is 0.490 e. The van der Waals surface area contributed by atoms with Gasteiger partial charge in [-0.2, -0.15) is 0 Å². The van der Waals surface area contributed by atoms with Crippen LogP contribution in [0.15, 0.2) is 47.1 Å². The van der Waals surface area contributed by atoms with E-state index in [0.717, 1.165) is 25.4 Å². The molecule has 1 aromatic heterocycles. The SMILES string of the molecule is Fc1ccccc1OC[C@@H]1CO[C@H]2CN(Cc3ccco3)C[C@@H]12. The van der Waals surface area contributed by atoms with E-state index in [1.807, 2.05) is 12.1 Å². The van der Waals surface area contributed by atoms with Crippen molar-refractivity contribution >= 4 is 0 Å². The Bertz CT molecular complexity index is 645. The molecule has 1 aromatic carbocycles. The first kappa shape index (κ1) is 14.7. The fourth-order valence-corrected chi connectivity index (χ4v) is 3.56. The second-order valence-electron chi connectivity index (χ2n) is 6.31. The van der Waals surface area contributed by atoms with Gasteiger partial charge in [-0.05, 0) is 24.3 Å². The first-order valence-electron chi connectivity index (χ1n) is 8.03. The van der Waals surface area contributed by atoms with Gasteiger partial charge in [-0.15, -0.1) is 0 Å². The third-order valence-corrected chi connectivity index (χ3v) is 4.76. The van der Waals surface area contributed by atoms with Gasteiger partial charge in [-0.1, -0.05) is 12.1 Å². The van der Waals surface area contributed by atoms with Gasteiger partial charge in [0.2, 0.25) is 0 Å². The van der Waals surface area contributed by atoms with Crippen molar-refractivity contribution in [2.45, 2.75) is 12.6 Å². The molecule has 3 atom stereocenters. The van der Waals surface area contributed by atoms with Gasteiger partial charge < -0.3 is 13.9 Å². The average molecular weight is 317 g/mol. The molecule has 23 heavy (non-hydrogen) atoms. The molecule has 3 heterocycles. The van der Waals surface area contributed by atoms with Crippen molar-refractivity contribution in [2.24, 2.45) is 11.8 Å². The van der Waals surface area contributed by atoms with Crippen LogP contribution in [0.3, 0.4) is 0 Å². The Morgan fingerprint density at radius 3 is 2.91 bits per heavy atom. The van der Waals surface area contributed by atoms with Crippen molar-refractivity contribution in [1.29, 1.82) is 0 Å². The Kier molecular flexibility index (Phi) is 4.06. The van der Waals surface area contributed by atoms with Crippen LogP contribution in [0.5, 0.6) is 5.75 Å². The lowest BCUT2D eigenvalue weighted by atomic mass is 9.94. The highest BCUT2D eigenvalue weighted by Gasteiger charge is 2.44. The van der Waals surface area contributed by atoms with Crippen LogP contribution in [-0.4, -0.2) is 37.3 Å². The first-order chi connectivity index (χ1) is 11.3. The molecule has 0 amide bonds. The van der Waals surface area contributed by atoms with E-state index in [2.05, 4.69) is 4.90 Å². The lowest BCUT2D eigenvalue weighted by Crippen LogP contribution is -2.26. The highest BCUT2D eigenvalue weighted by Crippen LogP contribution is 2.34. The number of furan rings is 1. The fourth-order valence-electron chi connectivity index (χ4n) is 3.56. The van der Waals surface area contributed by atoms with E-state index in [9.17, 15) is 4.39 Å². The van der Waals surface area contributed by atoms with Gasteiger partial charge in [-0.3, -0.25) is 4.90 Å². The molecule has 2 fully saturated rings. The molecule has 2 saturated heterocycles. The quantitative estimate of drug-likeness (QED) is 0.849. The lowest BCUT2D eigenvalue weighted by Gasteiger charge is -2.19. The maximum absolute atomic E-state index is 13.6. The molecule has 0 aliphatic carbocycles. The van der Waals surface area contributed by atoms with Crippen molar-refractivity contribution in [1.82, 2.24) is 4.90 Å². The second kappa shape index (κ2) is 6.34. The molecule has 4 nitrogen and oxygen atoms in total. The monoisotopic (exact) mass is 317 g/mol. The number of halogens is 1. The van der Waals surface area contributed by atoms with E-state index in [0.29, 0.717) is 30.8 Å². The molecule has 0 unspecified atom stereocenters. The molecule has 122 valence electrons. The van der Waals surface area contributed by atoms with E-state index in [1.54, 1.807) is 24.5 Å². The number of hydrogen-bond donors (Lipinski definition) is 0. The molecule has 5 heteroatoms. The molecule has 2 aliphatic rings. The van der Waals surface area contributed by atoms with E-state index >= 15 is 0 Å². The minimum Gasteiger partial charge on any atom is -0.490 e. The summed E-state index contributed by atoms with van der Waals surface area (Å²) in [5.74, 6) is 1.73. The summed E-state index contributed by atoms with van der Waals surface area (Å²) in [7, 11) is 0. The normalized spacial score (nSPS) is 27.3. The topological polar surface area (TPSA) is 34.8 Å². The number of hydrogen-bond acceptors (Lipinski definition) is 4. The van der Waals surface area contributed by atoms with Crippen LogP contribution in [0.4, 0.5) is 4.39 Å². The highest BCUT2D eigenvalue weighted by molar-refractivity contribution is 5.23. The Morgan fingerprint density at radius 1 is 1.17 bits per heavy atom. The van der Waals surface area contributed by atoms with E-state index in [4.69, 9.17) is 13.9 Å². The molecule has 0 spiro atoms. The molecule has 2 aromatic rings. The third kappa shape index (κ3) is 3.12. The molecule has 0 radical (unpaired) electrons. The lowest BCUT2D eigenvalue weighted by molar-refractivity contribution is 0.0883. The zero-order chi connectivity index (χ0) is 15.6. The standard InChI is InChI=1S/C18H20FNO3/c19-16-5-1-2-6-17(16)22-11-13-12-23-18-10-20(9-15(13)18)8-14-4-3-7-21-14/h1-7,13,15,18H,8-12H2/t13-,15+,18+/m1/s1. The van der Waals surface area contributed by atoms with Crippen LogP contribution < -0.4 is 4.74 Å². The number of fused-ring (bicyclic) bond motifs is 1. The smallest absolute Gasteiger partial charge is 0.165 e. The van der Waals surface area contributed by atoms with Gasteiger partial charge in [0.05, 0.1) is 32.1 Å². The maximum Gasteiger partial charge on any atom is 0.165 e. The molecule has 0 saturated carbocycles. The number of benzene rings is 1. The van der Waals surface area contributed by atoms with Crippen molar-refractivity contribution in [3.63, 3.8) is 0 Å². The van der Waals surface area contributed by atoms with Crippen LogP contribution >= 0.6 is 0 Å². The van der Waals surface area contributed by atoms with Gasteiger partial charge in [0.1, 0.15) is 5.76 Å². The first-order valence-corrected chi connectivity index (χ1v) is 8.03. The number of likely N-dealkylation sites (tertiary alicyclic amines) is 1. The van der Waals surface area contributed by atoms with Crippen molar-refractivity contribution < 1.29 is 18.3 Å². The Balaban J connectivity index is 1.34. The summed E-state index contributed by atoms with van der Waals surface area (Å²) in [6.07, 6.45) is 1.95. The summed E-state index contributed by atoms with van der Waals surface area (Å²) in [6, 6.07) is 10.4. The molecule has 0 bridgehead atoms. The summed E-state index contributed by atoms with van der Waals surface area (Å²) in [5.41, 5.74) is 0. The van der Waals surface area contributed by atoms with Crippen molar-refractivity contribution in [2.75, 3.05) is 26.3 Å². The third-order valence-electron chi connectivity index (χ3n) is 4.76. The van der Waals surface area contributed by atoms with Crippen LogP contribution in [0.2, 0.25) is 0 Å². The van der Waals surface area contributed by atoms with Crippen molar-refractivity contribution in [3.05, 3.63) is 54.2 Å². The maximum atomic E-state index is 13.6. The van der Waals surface area contributed by atoms with Crippen LogP contribution in [0, 0.1) is 17.7 Å². The minimum absolute atomic E-state index is 0.249. The van der Waals surface area contributed by atoms with Gasteiger partial charge >= 0.3 is 0 Å². The summed E-state index contributed by atoms with van der Waals surface area (Å²) in [4.78, 5) is 2.35. The molecular weight excluding hydrogens is 297 g/mol. The van der Waals surface area contributed by atoms with Gasteiger partial charge in [0.15, 0.2) is 11.6 Å². The zero-order valence-electron chi connectivity index (χ0n) is 12.9. The summed E-state index contributed by atoms with van der Waals surface area (Å²) < 4.78 is 30.6. The summed E-state index contributed by atoms with van der Waals surface area (Å²) >= 11 is 0. The molecule has 4 rings (SSSR count). The minimum atomic E-state index is -0.311. The Morgan fingerprint density at radius 2 is 2.09 bits per heavy atom. The molecule has 2 aliphatic heterocycles. The fraction of sp³-hybridized carbons (Fsp3) is 0.444. The van der Waals surface area contributed by atoms with Crippen LogP contribution in [-0.2, 0) is 11.3 Å². The summed E-state index contributed by atoms with van der Waals surface area (Å²) in [6.45, 7) is 3.89. The van der Waals surface area contributed by atoms with Crippen LogP contribution in [0.1, 0.15) is 5.76 Å². The van der Waals surface area contributed by atoms with E-state index < -0.39 is 0 Å². The van der Waals surface area contributed by atoms with E-state index in [-0.39, 0.29) is 11.9 Å². The summed E-state index contributed by atoms with van der Waals surface area (Å²) in [5, 5.41) is 0. The number of rotatable bonds is 5. The second-order valence-corrected chi connectivity index (χ2v) is 6.31. The van der Waals surface area contributed by atoms with Gasteiger partial charge in [0, 0.05) is 24.9 Å². The number of nitrogens with zero attached hydrogens (tertiary/aromatic N) is 1. The Labute approximate surface area is 134 Å². The molecular formula is C18H20FNO3. The average Bonchev–Trinajstić information content (AvgIpc) is 3.25. The Hall–Kier alpha value is -1.85. The van der Waals surface area contributed by atoms with Crippen LogP contribution in [0.25, 0.3) is 0 Å². The zero-order valence-corrected chi connectivity index (χ0v) is 12.9. The van der Waals surface area contributed by atoms with Gasteiger partial charge in [-0.25, -0.2) is 4.39 Å². The van der Waals surface area contributed by atoms with E-state index in [1.165, 1.54) is 6.07 Å².